The van der Waals surface area contributed by atoms with Crippen LogP contribution in [-0.4, -0.2) is 0 Å². The summed E-state index contributed by atoms with van der Waals surface area (Å²) in [6, 6.07) is 77.6. The molecule has 1 aliphatic rings. The van der Waals surface area contributed by atoms with Gasteiger partial charge in [-0.3, -0.25) is 0 Å². The van der Waals surface area contributed by atoms with Gasteiger partial charge in [-0.05, 0) is 102 Å². The lowest BCUT2D eigenvalue weighted by Gasteiger charge is -2.30. The zero-order valence-electron chi connectivity index (χ0n) is 31.7. The minimum Gasteiger partial charge on any atom is -0.310 e. The van der Waals surface area contributed by atoms with Gasteiger partial charge < -0.3 is 4.90 Å². The van der Waals surface area contributed by atoms with E-state index < -0.39 is 0 Å². The molecule has 0 N–H and O–H groups in total. The summed E-state index contributed by atoms with van der Waals surface area (Å²) < 4.78 is 0. The number of hydrogen-bond acceptors (Lipinski definition) is 1. The lowest BCUT2D eigenvalue weighted by Crippen LogP contribution is -2.17. The highest BCUT2D eigenvalue weighted by Gasteiger charge is 2.36. The van der Waals surface area contributed by atoms with Crippen LogP contribution in [-0.2, 0) is 5.41 Å². The Bertz CT molecular complexity index is 2850. The third-order valence-electron chi connectivity index (χ3n) is 11.7. The number of fused-ring (bicyclic) bond motifs is 4. The van der Waals surface area contributed by atoms with Crippen LogP contribution in [0.25, 0.3) is 66.4 Å². The molecule has 9 aromatic rings. The third-order valence-corrected chi connectivity index (χ3v) is 11.7. The average molecular weight is 716 g/mol. The Hall–Kier alpha value is -6.96. The summed E-state index contributed by atoms with van der Waals surface area (Å²) >= 11 is 0. The zero-order valence-corrected chi connectivity index (χ0v) is 31.7. The topological polar surface area (TPSA) is 3.24 Å². The quantitative estimate of drug-likeness (QED) is 0.159. The van der Waals surface area contributed by atoms with E-state index >= 15 is 0 Å². The predicted molar refractivity (Wildman–Crippen MR) is 238 cm³/mol. The molecule has 1 heteroatoms. The van der Waals surface area contributed by atoms with Gasteiger partial charge in [0, 0.05) is 22.4 Å². The van der Waals surface area contributed by atoms with Gasteiger partial charge in [0.2, 0.25) is 0 Å². The number of rotatable bonds is 7. The van der Waals surface area contributed by atoms with E-state index in [4.69, 9.17) is 0 Å². The molecule has 0 aromatic heterocycles. The van der Waals surface area contributed by atoms with Gasteiger partial charge in [0.1, 0.15) is 0 Å². The zero-order chi connectivity index (χ0) is 37.6. The fourth-order valence-corrected chi connectivity index (χ4v) is 8.88. The number of benzene rings is 9. The summed E-state index contributed by atoms with van der Waals surface area (Å²) in [7, 11) is 0. The summed E-state index contributed by atoms with van der Waals surface area (Å²) in [5.41, 5.74) is 18.2. The molecule has 0 fully saturated rings. The van der Waals surface area contributed by atoms with Crippen LogP contribution in [0, 0.1) is 0 Å². The molecule has 10 rings (SSSR count). The van der Waals surface area contributed by atoms with Crippen molar-refractivity contribution < 1.29 is 0 Å². The van der Waals surface area contributed by atoms with E-state index in [0.29, 0.717) is 0 Å². The molecular weight excluding hydrogens is 675 g/mol. The third kappa shape index (κ3) is 5.72. The van der Waals surface area contributed by atoms with Crippen molar-refractivity contribution in [3.63, 3.8) is 0 Å². The van der Waals surface area contributed by atoms with E-state index in [1.54, 1.807) is 0 Å². The molecule has 266 valence electrons. The average Bonchev–Trinajstić information content (AvgIpc) is 3.49. The molecule has 0 radical (unpaired) electrons. The van der Waals surface area contributed by atoms with Crippen molar-refractivity contribution in [3.05, 3.63) is 223 Å². The van der Waals surface area contributed by atoms with Crippen molar-refractivity contribution in [2.75, 3.05) is 4.90 Å². The number of nitrogens with zero attached hydrogens (tertiary/aromatic N) is 1. The van der Waals surface area contributed by atoms with Crippen LogP contribution in [0.3, 0.4) is 0 Å². The van der Waals surface area contributed by atoms with Crippen LogP contribution in [0.15, 0.2) is 212 Å². The minimum absolute atomic E-state index is 0.129. The molecule has 0 spiro atoms. The summed E-state index contributed by atoms with van der Waals surface area (Å²) in [5.74, 6) is 0. The van der Waals surface area contributed by atoms with Gasteiger partial charge in [0.25, 0.3) is 0 Å². The van der Waals surface area contributed by atoms with E-state index in [-0.39, 0.29) is 5.41 Å². The lowest BCUT2D eigenvalue weighted by atomic mass is 9.82. The maximum Gasteiger partial charge on any atom is 0.0546 e. The number of anilines is 3. The van der Waals surface area contributed by atoms with Crippen molar-refractivity contribution in [1.82, 2.24) is 0 Å². The van der Waals surface area contributed by atoms with E-state index in [1.165, 1.54) is 77.5 Å². The van der Waals surface area contributed by atoms with Gasteiger partial charge in [-0.2, -0.15) is 0 Å². The van der Waals surface area contributed by atoms with Crippen molar-refractivity contribution in [2.24, 2.45) is 0 Å². The second-order valence-electron chi connectivity index (χ2n) is 15.3. The number of hydrogen-bond donors (Lipinski definition) is 0. The molecule has 1 aliphatic carbocycles. The van der Waals surface area contributed by atoms with E-state index in [1.807, 2.05) is 0 Å². The molecule has 0 aliphatic heterocycles. The second kappa shape index (κ2) is 13.7. The van der Waals surface area contributed by atoms with Crippen LogP contribution < -0.4 is 4.90 Å². The molecule has 0 amide bonds. The molecule has 0 unspecified atom stereocenters. The molecule has 0 saturated heterocycles. The first-order valence-electron chi connectivity index (χ1n) is 19.5. The Morgan fingerprint density at radius 1 is 0.321 bits per heavy atom. The molecule has 0 saturated carbocycles. The Kier molecular flexibility index (Phi) is 8.23. The first kappa shape index (κ1) is 33.6. The second-order valence-corrected chi connectivity index (χ2v) is 15.3. The molecule has 56 heavy (non-hydrogen) atoms. The van der Waals surface area contributed by atoms with Crippen molar-refractivity contribution in [2.45, 2.75) is 19.3 Å². The summed E-state index contributed by atoms with van der Waals surface area (Å²) in [6.07, 6.45) is 0. The van der Waals surface area contributed by atoms with Gasteiger partial charge in [0.15, 0.2) is 0 Å². The Labute approximate surface area is 329 Å². The largest absolute Gasteiger partial charge is 0.310 e. The van der Waals surface area contributed by atoms with Crippen molar-refractivity contribution in [1.29, 1.82) is 0 Å². The van der Waals surface area contributed by atoms with Gasteiger partial charge in [-0.1, -0.05) is 196 Å². The summed E-state index contributed by atoms with van der Waals surface area (Å²) in [5, 5.41) is 2.51. The first-order valence-corrected chi connectivity index (χ1v) is 19.5. The van der Waals surface area contributed by atoms with Crippen LogP contribution in [0.2, 0.25) is 0 Å². The lowest BCUT2D eigenvalue weighted by molar-refractivity contribution is 0.660. The van der Waals surface area contributed by atoms with Gasteiger partial charge in [0.05, 0.1) is 5.69 Å². The monoisotopic (exact) mass is 715 g/mol. The highest BCUT2D eigenvalue weighted by Crippen LogP contribution is 2.51. The molecule has 9 aromatic carbocycles. The smallest absolute Gasteiger partial charge is 0.0546 e. The normalized spacial score (nSPS) is 12.6. The molecule has 1 nitrogen and oxygen atoms in total. The minimum atomic E-state index is -0.129. The fourth-order valence-electron chi connectivity index (χ4n) is 8.88. The van der Waals surface area contributed by atoms with Crippen molar-refractivity contribution in [3.8, 4) is 55.6 Å². The van der Waals surface area contributed by atoms with E-state index in [0.717, 1.165) is 17.1 Å². The fraction of sp³-hybridized carbons (Fsp3) is 0.0545. The molecule has 0 bridgehead atoms. The SMILES string of the molecule is CC1(C)c2ccccc2-c2ccc(N(c3ccc(-c4cccc5cccc(-c6ccccc6)c45)cc3)c3cc(-c4ccccc4)ccc3-c3ccccc3)cc21. The van der Waals surface area contributed by atoms with Crippen LogP contribution in [0.1, 0.15) is 25.0 Å². The molecular formula is C55H41N. The summed E-state index contributed by atoms with van der Waals surface area (Å²) in [6.45, 7) is 4.72. The predicted octanol–water partition coefficient (Wildman–Crippen LogP) is 15.3. The van der Waals surface area contributed by atoms with Gasteiger partial charge >= 0.3 is 0 Å². The van der Waals surface area contributed by atoms with E-state index in [9.17, 15) is 0 Å². The molecule has 0 heterocycles. The van der Waals surface area contributed by atoms with E-state index in [2.05, 4.69) is 231 Å². The van der Waals surface area contributed by atoms with Gasteiger partial charge in [-0.15, -0.1) is 0 Å². The Balaban J connectivity index is 1.18. The Morgan fingerprint density at radius 3 is 1.46 bits per heavy atom. The highest BCUT2D eigenvalue weighted by atomic mass is 15.1. The Morgan fingerprint density at radius 2 is 0.804 bits per heavy atom. The maximum atomic E-state index is 2.47. The summed E-state index contributed by atoms with van der Waals surface area (Å²) in [4.78, 5) is 2.47. The standard InChI is InChI=1S/C55H41N/c1-55(2)51-27-13-12-24-49(51)50-35-33-45(37-52(50)55)56(53-36-43(38-16-6-3-7-17-38)30-34-46(53)39-18-8-4-9-19-39)44-31-28-41(29-32-44)48-26-15-23-42-22-14-25-47(54(42)48)40-20-10-5-11-21-40/h3-37H,1-2H3. The van der Waals surface area contributed by atoms with Crippen LogP contribution in [0.4, 0.5) is 17.1 Å². The first-order chi connectivity index (χ1) is 27.5. The molecule has 0 atom stereocenters. The van der Waals surface area contributed by atoms with Gasteiger partial charge in [-0.25, -0.2) is 0 Å². The van der Waals surface area contributed by atoms with Crippen molar-refractivity contribution >= 4 is 27.8 Å². The maximum absolute atomic E-state index is 2.47. The van der Waals surface area contributed by atoms with Crippen LogP contribution >= 0.6 is 0 Å². The van der Waals surface area contributed by atoms with Crippen LogP contribution in [0.5, 0.6) is 0 Å². The highest BCUT2D eigenvalue weighted by molar-refractivity contribution is 6.06.